The topological polar surface area (TPSA) is 75.3 Å². The first-order valence-corrected chi connectivity index (χ1v) is 4.44. The average molecular weight is 242 g/mol. The highest BCUT2D eigenvalue weighted by molar-refractivity contribution is 5.49. The van der Waals surface area contributed by atoms with Crippen LogP contribution in [0.1, 0.15) is 11.5 Å². The van der Waals surface area contributed by atoms with Gasteiger partial charge in [0.1, 0.15) is 6.07 Å². The molecule has 6 nitrogen and oxygen atoms in total. The van der Waals surface area contributed by atoms with Gasteiger partial charge in [-0.2, -0.15) is 14.0 Å². The quantitative estimate of drug-likeness (QED) is 0.627. The van der Waals surface area contributed by atoms with Crippen LogP contribution < -0.4 is 0 Å². The van der Waals surface area contributed by atoms with Gasteiger partial charge in [-0.1, -0.05) is 6.57 Å². The van der Waals surface area contributed by atoms with Gasteiger partial charge < -0.3 is 14.3 Å². The number of nitrogens with one attached hydrogen (secondary N) is 1. The zero-order valence-corrected chi connectivity index (χ0v) is 8.83. The molecule has 0 unspecified atom stereocenters. The van der Waals surface area contributed by atoms with E-state index in [0.717, 1.165) is 0 Å². The number of H-pyrrole nitrogens is 1. The van der Waals surface area contributed by atoms with Gasteiger partial charge in [0.2, 0.25) is 0 Å². The van der Waals surface area contributed by atoms with E-state index in [0.29, 0.717) is 0 Å². The van der Waals surface area contributed by atoms with Crippen LogP contribution in [0.25, 0.3) is 4.85 Å². The van der Waals surface area contributed by atoms with Crippen LogP contribution in [0.2, 0.25) is 0 Å². The number of hydrogen-bond donors (Lipinski definition) is 1. The van der Waals surface area contributed by atoms with Crippen LogP contribution in [0, 0.1) is 17.9 Å². The molecule has 17 heavy (non-hydrogen) atoms. The molecule has 0 atom stereocenters. The van der Waals surface area contributed by atoms with Gasteiger partial charge in [-0.3, -0.25) is 4.98 Å². The number of aromatic nitrogens is 2. The van der Waals surface area contributed by atoms with E-state index >= 15 is 0 Å². The normalized spacial score (nSPS) is 10.9. The molecule has 0 aliphatic carbocycles. The minimum absolute atomic E-state index is 0.00289. The molecule has 1 aromatic heterocycles. The van der Waals surface area contributed by atoms with Gasteiger partial charge in [0.25, 0.3) is 11.6 Å². The maximum absolute atomic E-state index is 13.4. The van der Waals surface area contributed by atoms with Crippen LogP contribution in [0.4, 0.5) is 14.6 Å². The molecule has 1 heterocycles. The Labute approximate surface area is 95.6 Å². The first kappa shape index (κ1) is 13.0. The zero-order chi connectivity index (χ0) is 12.9. The highest BCUT2D eigenvalue weighted by Gasteiger charge is 2.40. The molecule has 0 saturated heterocycles. The fourth-order valence-corrected chi connectivity index (χ4v) is 0.982. The van der Waals surface area contributed by atoms with Crippen LogP contribution in [-0.2, 0) is 15.6 Å². The Bertz CT molecular complexity index is 441. The van der Waals surface area contributed by atoms with E-state index in [4.69, 9.17) is 11.8 Å². The zero-order valence-electron chi connectivity index (χ0n) is 8.83. The number of ether oxygens (including phenoxy) is 2. The summed E-state index contributed by atoms with van der Waals surface area (Å²) in [6.07, 6.45) is -3.69. The Morgan fingerprint density at radius 2 is 2.29 bits per heavy atom. The maximum atomic E-state index is 13.4. The lowest BCUT2D eigenvalue weighted by Crippen LogP contribution is -2.22. The number of imidazole rings is 1. The minimum atomic E-state index is -3.69. The van der Waals surface area contributed by atoms with Crippen molar-refractivity contribution in [2.24, 2.45) is 0 Å². The van der Waals surface area contributed by atoms with E-state index in [1.165, 1.54) is 13.2 Å². The fraction of sp³-hybridized carbons (Fsp3) is 0.444. The first-order chi connectivity index (χ1) is 8.05. The summed E-state index contributed by atoms with van der Waals surface area (Å²) >= 11 is 0. The lowest BCUT2D eigenvalue weighted by molar-refractivity contribution is -0.257. The third kappa shape index (κ3) is 2.97. The van der Waals surface area contributed by atoms with Crippen LogP contribution in [0.3, 0.4) is 0 Å². The average Bonchev–Trinajstić information content (AvgIpc) is 2.73. The monoisotopic (exact) mass is 242 g/mol. The number of nitriles is 1. The van der Waals surface area contributed by atoms with Crippen molar-refractivity contribution in [1.29, 1.82) is 5.26 Å². The number of rotatable bonds is 5. The van der Waals surface area contributed by atoms with Crippen molar-refractivity contribution < 1.29 is 18.3 Å². The lowest BCUT2D eigenvalue weighted by Gasteiger charge is -2.11. The molecule has 1 N–H and O–H groups in total. The van der Waals surface area contributed by atoms with Crippen molar-refractivity contribution in [2.75, 3.05) is 20.3 Å². The van der Waals surface area contributed by atoms with E-state index in [1.807, 2.05) is 4.98 Å². The molecular weight excluding hydrogens is 234 g/mol. The van der Waals surface area contributed by atoms with E-state index < -0.39 is 11.9 Å². The summed E-state index contributed by atoms with van der Waals surface area (Å²) in [6.45, 7) is 6.33. The Balaban J connectivity index is 2.88. The summed E-state index contributed by atoms with van der Waals surface area (Å²) in [7, 11) is 1.35. The molecule has 1 rings (SSSR count). The molecule has 0 saturated carbocycles. The predicted molar refractivity (Wildman–Crippen MR) is 51.3 cm³/mol. The van der Waals surface area contributed by atoms with E-state index in [1.54, 1.807) is 0 Å². The van der Waals surface area contributed by atoms with Gasteiger partial charge in [0, 0.05) is 7.11 Å². The summed E-state index contributed by atoms with van der Waals surface area (Å²) in [5.41, 5.74) is -0.384. The number of alkyl halides is 2. The number of hydrogen-bond acceptors (Lipinski definition) is 4. The second-order valence-corrected chi connectivity index (χ2v) is 2.86. The van der Waals surface area contributed by atoms with E-state index in [9.17, 15) is 8.78 Å². The largest absolute Gasteiger partial charge is 0.436 e. The van der Waals surface area contributed by atoms with Gasteiger partial charge in [-0.25, -0.2) is 4.98 Å². The highest BCUT2D eigenvalue weighted by atomic mass is 19.3. The van der Waals surface area contributed by atoms with Gasteiger partial charge in [-0.05, 0) is 0 Å². The Morgan fingerprint density at radius 1 is 1.59 bits per heavy atom. The van der Waals surface area contributed by atoms with Gasteiger partial charge in [-0.15, -0.1) is 0 Å². The molecule has 1 aromatic rings. The summed E-state index contributed by atoms with van der Waals surface area (Å²) in [6, 6.07) is 1.54. The Hall–Kier alpha value is -2.03. The van der Waals surface area contributed by atoms with Crippen molar-refractivity contribution >= 4 is 5.82 Å². The molecule has 0 amide bonds. The molecule has 0 fully saturated rings. The molecular formula is C9H8F2N4O2. The van der Waals surface area contributed by atoms with Gasteiger partial charge >= 0.3 is 6.11 Å². The molecule has 0 bridgehead atoms. The van der Waals surface area contributed by atoms with Gasteiger partial charge in [0.05, 0.1) is 13.2 Å². The summed E-state index contributed by atoms with van der Waals surface area (Å²) < 4.78 is 35.5. The van der Waals surface area contributed by atoms with Gasteiger partial charge in [0.15, 0.2) is 5.69 Å². The van der Waals surface area contributed by atoms with Crippen LogP contribution in [-0.4, -0.2) is 30.3 Å². The van der Waals surface area contributed by atoms with Crippen molar-refractivity contribution in [3.8, 4) is 6.07 Å². The molecule has 0 aliphatic heterocycles. The fourth-order valence-electron chi connectivity index (χ4n) is 0.982. The number of halogens is 2. The van der Waals surface area contributed by atoms with Crippen molar-refractivity contribution in [2.45, 2.75) is 6.11 Å². The second-order valence-electron chi connectivity index (χ2n) is 2.86. The molecule has 0 aliphatic rings. The minimum Gasteiger partial charge on any atom is -0.382 e. The number of aromatic amines is 1. The van der Waals surface area contributed by atoms with Crippen molar-refractivity contribution in [3.63, 3.8) is 0 Å². The van der Waals surface area contributed by atoms with Crippen molar-refractivity contribution in [3.05, 3.63) is 22.9 Å². The first-order valence-electron chi connectivity index (χ1n) is 4.44. The lowest BCUT2D eigenvalue weighted by atomic mass is 10.5. The maximum Gasteiger partial charge on any atom is 0.436 e. The predicted octanol–water partition coefficient (Wildman–Crippen LogP) is 1.54. The third-order valence-electron chi connectivity index (χ3n) is 1.75. The molecule has 8 heteroatoms. The second kappa shape index (κ2) is 5.34. The summed E-state index contributed by atoms with van der Waals surface area (Å²) in [4.78, 5) is 8.22. The van der Waals surface area contributed by atoms with Crippen LogP contribution in [0.15, 0.2) is 0 Å². The van der Waals surface area contributed by atoms with Crippen LogP contribution in [0.5, 0.6) is 0 Å². The molecule has 0 aromatic carbocycles. The Morgan fingerprint density at radius 3 is 2.76 bits per heavy atom. The molecule has 0 spiro atoms. The number of nitrogens with zero attached hydrogens (tertiary/aromatic N) is 3. The van der Waals surface area contributed by atoms with E-state index in [-0.39, 0.29) is 24.7 Å². The summed E-state index contributed by atoms with van der Waals surface area (Å²) in [5.74, 6) is -1.20. The third-order valence-corrected chi connectivity index (χ3v) is 1.75. The molecule has 0 radical (unpaired) electrons. The van der Waals surface area contributed by atoms with Crippen molar-refractivity contribution in [1.82, 2.24) is 9.97 Å². The number of methoxy groups -OCH3 is 1. The smallest absolute Gasteiger partial charge is 0.382 e. The van der Waals surface area contributed by atoms with E-state index in [2.05, 4.69) is 19.3 Å². The van der Waals surface area contributed by atoms with Crippen LogP contribution >= 0.6 is 0 Å². The Kier molecular flexibility index (Phi) is 4.10. The highest BCUT2D eigenvalue weighted by Crippen LogP contribution is 2.29. The summed E-state index contributed by atoms with van der Waals surface area (Å²) in [5, 5.41) is 8.56. The molecule has 90 valence electrons. The SMILES string of the molecule is [C-]#[N+]c1[nH]c(C(F)(F)OCCOC)nc1C#N. The standard InChI is InChI=1S/C9H8F2N4O2/c1-13-7-6(5-12)14-8(15-7)9(10,11)17-4-3-16-2/h3-4H2,2H3,(H,14,15).